The van der Waals surface area contributed by atoms with Gasteiger partial charge >= 0.3 is 0 Å². The summed E-state index contributed by atoms with van der Waals surface area (Å²) in [6, 6.07) is 19.5. The third-order valence-corrected chi connectivity index (χ3v) is 6.61. The van der Waals surface area contributed by atoms with Gasteiger partial charge in [-0.2, -0.15) is 0 Å². The highest BCUT2D eigenvalue weighted by Gasteiger charge is 2.16. The number of unbranched alkanes of at least 4 members (excludes halogenated alkanes) is 1. The molecule has 0 fully saturated rings. The van der Waals surface area contributed by atoms with Gasteiger partial charge in [-0.05, 0) is 50.1 Å². The van der Waals surface area contributed by atoms with E-state index in [1.807, 2.05) is 69.3 Å². The second-order valence-corrected chi connectivity index (χ2v) is 9.51. The molecule has 0 atom stereocenters. The molecule has 0 radical (unpaired) electrons. The Balaban J connectivity index is 1.41. The molecule has 1 N–H and O–H groups in total. The van der Waals surface area contributed by atoms with Crippen molar-refractivity contribution in [3.05, 3.63) is 76.8 Å². The van der Waals surface area contributed by atoms with E-state index in [0.29, 0.717) is 28.5 Å². The highest BCUT2D eigenvalue weighted by Crippen LogP contribution is 2.32. The van der Waals surface area contributed by atoms with Gasteiger partial charge < -0.3 is 14.4 Å². The third-order valence-electron chi connectivity index (χ3n) is 6.28. The molecule has 4 rings (SSSR count). The van der Waals surface area contributed by atoms with Crippen molar-refractivity contribution in [3.8, 4) is 22.9 Å². The molecule has 0 aliphatic heterocycles. The van der Waals surface area contributed by atoms with Crippen LogP contribution in [0.25, 0.3) is 22.4 Å². The molecule has 0 amide bonds. The zero-order chi connectivity index (χ0) is 24.9. The van der Waals surface area contributed by atoms with Crippen LogP contribution >= 0.6 is 11.6 Å². The lowest BCUT2D eigenvalue weighted by Gasteiger charge is -2.14. The fraction of sp³-hybridized carbons (Fsp3) is 0.310. The van der Waals surface area contributed by atoms with Gasteiger partial charge in [0, 0.05) is 35.6 Å². The van der Waals surface area contributed by atoms with E-state index in [0.717, 1.165) is 41.8 Å². The number of aromatic nitrogens is 2. The van der Waals surface area contributed by atoms with Gasteiger partial charge in [-0.3, -0.25) is 4.79 Å². The fourth-order valence-electron chi connectivity index (χ4n) is 4.13. The van der Waals surface area contributed by atoms with Gasteiger partial charge in [0.1, 0.15) is 23.1 Å². The zero-order valence-corrected chi connectivity index (χ0v) is 21.2. The summed E-state index contributed by atoms with van der Waals surface area (Å²) in [6.45, 7) is 6.87. The molecule has 5 nitrogen and oxygen atoms in total. The van der Waals surface area contributed by atoms with Gasteiger partial charge in [0.15, 0.2) is 0 Å². The van der Waals surface area contributed by atoms with Crippen molar-refractivity contribution in [3.63, 3.8) is 0 Å². The number of aromatic hydroxyl groups is 1. The molecule has 1 heterocycles. The van der Waals surface area contributed by atoms with Crippen LogP contribution in [0.2, 0.25) is 5.02 Å². The highest BCUT2D eigenvalue weighted by atomic mass is 35.5. The maximum absolute atomic E-state index is 12.1. The summed E-state index contributed by atoms with van der Waals surface area (Å²) < 4.78 is 8.19. The molecule has 0 aliphatic carbocycles. The number of hydrogen-bond acceptors (Lipinski definition) is 4. The number of imidazole rings is 1. The monoisotopic (exact) mass is 490 g/mol. The molecule has 0 aliphatic rings. The maximum atomic E-state index is 12.1. The van der Waals surface area contributed by atoms with Crippen molar-refractivity contribution >= 4 is 28.4 Å². The number of halogens is 1. The van der Waals surface area contributed by atoms with E-state index in [-0.39, 0.29) is 23.9 Å². The molecule has 4 aromatic rings. The number of nitrogens with zero attached hydrogens (tertiary/aromatic N) is 2. The molecule has 0 spiro atoms. The van der Waals surface area contributed by atoms with Crippen molar-refractivity contribution in [1.82, 2.24) is 9.55 Å². The van der Waals surface area contributed by atoms with Crippen molar-refractivity contribution in [2.45, 2.75) is 46.6 Å². The number of benzene rings is 3. The molecule has 1 aromatic heterocycles. The SMILES string of the molecule is Cc1c(OCCCCn2c(-c3ccccc3Cl)nc3ccccc32)ccc(CC(=O)C(C)C)c1O. The van der Waals surface area contributed by atoms with Crippen LogP contribution in [0.3, 0.4) is 0 Å². The number of fused-ring (bicyclic) bond motifs is 1. The Labute approximate surface area is 211 Å². The molecule has 3 aromatic carbocycles. The second kappa shape index (κ2) is 11.0. The first-order valence-corrected chi connectivity index (χ1v) is 12.4. The summed E-state index contributed by atoms with van der Waals surface area (Å²) in [6.07, 6.45) is 1.96. The Kier molecular flexibility index (Phi) is 7.76. The summed E-state index contributed by atoms with van der Waals surface area (Å²) in [4.78, 5) is 16.9. The molecule has 0 bridgehead atoms. The Morgan fingerprint density at radius 2 is 1.80 bits per heavy atom. The van der Waals surface area contributed by atoms with Crippen LogP contribution in [0, 0.1) is 12.8 Å². The van der Waals surface area contributed by atoms with Crippen molar-refractivity contribution < 1.29 is 14.6 Å². The molecule has 0 saturated carbocycles. The van der Waals surface area contributed by atoms with Crippen LogP contribution in [0.5, 0.6) is 11.5 Å². The average Bonchev–Trinajstić information content (AvgIpc) is 3.21. The number of hydrogen-bond donors (Lipinski definition) is 1. The van der Waals surface area contributed by atoms with E-state index in [9.17, 15) is 9.90 Å². The highest BCUT2D eigenvalue weighted by molar-refractivity contribution is 6.33. The molecule has 35 heavy (non-hydrogen) atoms. The van der Waals surface area contributed by atoms with Crippen LogP contribution in [0.4, 0.5) is 0 Å². The minimum atomic E-state index is -0.0586. The number of aryl methyl sites for hydroxylation is 1. The number of Topliss-reactive ketones (excluding diaryl/α,β-unsaturated/α-hetero) is 1. The molecule has 0 unspecified atom stereocenters. The summed E-state index contributed by atoms with van der Waals surface area (Å²) in [5.41, 5.74) is 4.26. The van der Waals surface area contributed by atoms with Crippen LogP contribution in [0.15, 0.2) is 60.7 Å². The predicted octanol–water partition coefficient (Wildman–Crippen LogP) is 7.00. The van der Waals surface area contributed by atoms with Gasteiger partial charge in [0.25, 0.3) is 0 Å². The first-order chi connectivity index (χ1) is 16.9. The minimum Gasteiger partial charge on any atom is -0.507 e. The molecular formula is C29H31ClN2O3. The number of para-hydroxylation sites is 2. The van der Waals surface area contributed by atoms with Crippen LogP contribution < -0.4 is 4.74 Å². The van der Waals surface area contributed by atoms with E-state index >= 15 is 0 Å². The fourth-order valence-corrected chi connectivity index (χ4v) is 4.35. The first kappa shape index (κ1) is 24.8. The van der Waals surface area contributed by atoms with Gasteiger partial charge in [0.05, 0.1) is 22.7 Å². The lowest BCUT2D eigenvalue weighted by atomic mass is 9.98. The number of carbonyl (C=O) groups is 1. The van der Waals surface area contributed by atoms with Crippen LogP contribution in [-0.2, 0) is 17.8 Å². The number of phenols is 1. The predicted molar refractivity (Wildman–Crippen MR) is 141 cm³/mol. The molecular weight excluding hydrogens is 460 g/mol. The van der Waals surface area contributed by atoms with Gasteiger partial charge in [-0.25, -0.2) is 4.98 Å². The minimum absolute atomic E-state index is 0.0586. The smallest absolute Gasteiger partial charge is 0.142 e. The molecule has 6 heteroatoms. The van der Waals surface area contributed by atoms with Gasteiger partial charge in [-0.1, -0.05) is 55.8 Å². The van der Waals surface area contributed by atoms with Crippen molar-refractivity contribution in [1.29, 1.82) is 0 Å². The van der Waals surface area contributed by atoms with Crippen molar-refractivity contribution in [2.75, 3.05) is 6.61 Å². The number of ether oxygens (including phenoxy) is 1. The summed E-state index contributed by atoms with van der Waals surface area (Å²) in [7, 11) is 0. The van der Waals surface area contributed by atoms with Crippen molar-refractivity contribution in [2.24, 2.45) is 5.92 Å². The van der Waals surface area contributed by atoms with Gasteiger partial charge in [-0.15, -0.1) is 0 Å². The second-order valence-electron chi connectivity index (χ2n) is 9.11. The summed E-state index contributed by atoms with van der Waals surface area (Å²) in [5.74, 6) is 1.71. The summed E-state index contributed by atoms with van der Waals surface area (Å²) in [5, 5.41) is 11.2. The normalized spacial score (nSPS) is 11.3. The number of ketones is 1. The Morgan fingerprint density at radius 1 is 1.06 bits per heavy atom. The average molecular weight is 491 g/mol. The topological polar surface area (TPSA) is 64.4 Å². The van der Waals surface area contributed by atoms with E-state index in [1.165, 1.54) is 0 Å². The quantitative estimate of drug-likeness (QED) is 0.243. The van der Waals surface area contributed by atoms with E-state index in [2.05, 4.69) is 10.6 Å². The largest absolute Gasteiger partial charge is 0.507 e. The third kappa shape index (κ3) is 5.51. The van der Waals surface area contributed by atoms with Gasteiger partial charge in [0.2, 0.25) is 0 Å². The molecule has 182 valence electrons. The van der Waals surface area contributed by atoms with E-state index < -0.39 is 0 Å². The van der Waals surface area contributed by atoms with E-state index in [1.54, 1.807) is 6.07 Å². The van der Waals surface area contributed by atoms with Crippen LogP contribution in [-0.4, -0.2) is 27.0 Å². The zero-order valence-electron chi connectivity index (χ0n) is 20.4. The standard InChI is InChI=1S/C29H31ClN2O3/c1-19(2)26(33)18-21-14-15-27(20(3)28(21)34)35-17-9-8-16-32-25-13-7-6-12-24(25)31-29(32)22-10-4-5-11-23(22)30/h4-7,10-15,19,34H,8-9,16-18H2,1-3H3. The van der Waals surface area contributed by atoms with Crippen LogP contribution in [0.1, 0.15) is 37.8 Å². The van der Waals surface area contributed by atoms with E-state index in [4.69, 9.17) is 21.3 Å². The number of rotatable bonds is 10. The molecule has 0 saturated heterocycles. The Hall–Kier alpha value is -3.31. The first-order valence-electron chi connectivity index (χ1n) is 12.0. The summed E-state index contributed by atoms with van der Waals surface area (Å²) >= 11 is 6.48. The Morgan fingerprint density at radius 3 is 2.57 bits per heavy atom. The lowest BCUT2D eigenvalue weighted by Crippen LogP contribution is -2.10. The lowest BCUT2D eigenvalue weighted by molar-refractivity contribution is -0.121. The maximum Gasteiger partial charge on any atom is 0.142 e. The Bertz CT molecular complexity index is 1340. The number of carbonyl (C=O) groups excluding carboxylic acids is 1. The number of phenolic OH excluding ortho intramolecular Hbond substituents is 1.